The summed E-state index contributed by atoms with van der Waals surface area (Å²) in [6, 6.07) is 17.9. The van der Waals surface area contributed by atoms with Crippen LogP contribution in [0.2, 0.25) is 0 Å². The number of para-hydroxylation sites is 1. The van der Waals surface area contributed by atoms with Crippen LogP contribution in [0.4, 0.5) is 11.6 Å². The molecular weight excluding hydrogens is 338 g/mol. The molecule has 0 amide bonds. The van der Waals surface area contributed by atoms with Gasteiger partial charge in [0.1, 0.15) is 29.5 Å². The summed E-state index contributed by atoms with van der Waals surface area (Å²) in [7, 11) is 0. The molecule has 3 aromatic rings. The maximum absolute atomic E-state index is 6.19. The van der Waals surface area contributed by atoms with Crippen LogP contribution >= 0.6 is 0 Å². The van der Waals surface area contributed by atoms with E-state index in [1.54, 1.807) is 0 Å². The number of nitrogens with zero attached hydrogens (tertiary/aromatic N) is 2. The van der Waals surface area contributed by atoms with Gasteiger partial charge in [-0.3, -0.25) is 0 Å². The van der Waals surface area contributed by atoms with Crippen LogP contribution in [0.25, 0.3) is 11.1 Å². The Hall–Kier alpha value is -3.12. The number of piperidine rings is 1. The maximum atomic E-state index is 6.19. The van der Waals surface area contributed by atoms with E-state index in [2.05, 4.69) is 20.6 Å². The molecule has 6 nitrogen and oxygen atoms in total. The van der Waals surface area contributed by atoms with Crippen molar-refractivity contribution in [2.75, 3.05) is 24.1 Å². The SMILES string of the molecule is Nc1ncnc(NC2CCNCC2)c1-c1ccc(Oc2ccccc2)cc1. The Bertz CT molecular complexity index is 877. The summed E-state index contributed by atoms with van der Waals surface area (Å²) in [5, 5.41) is 6.91. The van der Waals surface area contributed by atoms with Crippen LogP contribution in [0.15, 0.2) is 60.9 Å². The van der Waals surface area contributed by atoms with Crippen molar-refractivity contribution in [2.45, 2.75) is 18.9 Å². The van der Waals surface area contributed by atoms with Gasteiger partial charge in [-0.2, -0.15) is 0 Å². The fourth-order valence-corrected chi connectivity index (χ4v) is 3.27. The Morgan fingerprint density at radius 2 is 1.63 bits per heavy atom. The second-order valence-corrected chi connectivity index (χ2v) is 6.59. The molecule has 0 atom stereocenters. The third kappa shape index (κ3) is 4.17. The minimum absolute atomic E-state index is 0.389. The molecule has 27 heavy (non-hydrogen) atoms. The summed E-state index contributed by atoms with van der Waals surface area (Å²) in [5.41, 5.74) is 7.98. The number of hydrogen-bond acceptors (Lipinski definition) is 6. The topological polar surface area (TPSA) is 85.1 Å². The summed E-state index contributed by atoms with van der Waals surface area (Å²) in [6.45, 7) is 2.03. The van der Waals surface area contributed by atoms with E-state index in [4.69, 9.17) is 10.5 Å². The Morgan fingerprint density at radius 1 is 0.926 bits per heavy atom. The summed E-state index contributed by atoms with van der Waals surface area (Å²) >= 11 is 0. The third-order valence-corrected chi connectivity index (χ3v) is 4.68. The molecule has 0 saturated carbocycles. The lowest BCUT2D eigenvalue weighted by Crippen LogP contribution is -2.35. The normalized spacial score (nSPS) is 14.7. The summed E-state index contributed by atoms with van der Waals surface area (Å²) in [6.07, 6.45) is 3.63. The highest BCUT2D eigenvalue weighted by molar-refractivity contribution is 5.83. The van der Waals surface area contributed by atoms with E-state index in [0.717, 1.165) is 54.4 Å². The first-order valence-electron chi connectivity index (χ1n) is 9.20. The van der Waals surface area contributed by atoms with Crippen molar-refractivity contribution in [1.29, 1.82) is 0 Å². The monoisotopic (exact) mass is 361 g/mol. The number of anilines is 2. The highest BCUT2D eigenvalue weighted by Gasteiger charge is 2.17. The van der Waals surface area contributed by atoms with Gasteiger partial charge in [-0.15, -0.1) is 0 Å². The standard InChI is InChI=1S/C21H23N5O/c22-20-19(21(25-14-24-20)26-16-10-12-23-13-11-16)15-6-8-18(9-7-15)27-17-4-2-1-3-5-17/h1-9,14,16,23H,10-13H2,(H3,22,24,25,26). The first-order valence-corrected chi connectivity index (χ1v) is 9.20. The molecular formula is C21H23N5O. The number of nitrogens with one attached hydrogen (secondary N) is 2. The zero-order chi connectivity index (χ0) is 18.5. The van der Waals surface area contributed by atoms with Gasteiger partial charge in [-0.1, -0.05) is 30.3 Å². The van der Waals surface area contributed by atoms with Gasteiger partial charge in [0.25, 0.3) is 0 Å². The molecule has 0 radical (unpaired) electrons. The lowest BCUT2D eigenvalue weighted by atomic mass is 10.0. The highest BCUT2D eigenvalue weighted by Crippen LogP contribution is 2.33. The molecule has 6 heteroatoms. The van der Waals surface area contributed by atoms with Crippen molar-refractivity contribution in [3.8, 4) is 22.6 Å². The van der Waals surface area contributed by atoms with Crippen LogP contribution < -0.4 is 21.1 Å². The lowest BCUT2D eigenvalue weighted by Gasteiger charge is -2.25. The Labute approximate surface area is 158 Å². The van der Waals surface area contributed by atoms with Crippen molar-refractivity contribution >= 4 is 11.6 Å². The van der Waals surface area contributed by atoms with E-state index < -0.39 is 0 Å². The molecule has 4 N–H and O–H groups in total. The molecule has 138 valence electrons. The average molecular weight is 361 g/mol. The zero-order valence-corrected chi connectivity index (χ0v) is 15.1. The summed E-state index contributed by atoms with van der Waals surface area (Å²) < 4.78 is 5.87. The largest absolute Gasteiger partial charge is 0.457 e. The number of hydrogen-bond donors (Lipinski definition) is 3. The van der Waals surface area contributed by atoms with Crippen molar-refractivity contribution < 1.29 is 4.74 Å². The van der Waals surface area contributed by atoms with E-state index in [1.165, 1.54) is 6.33 Å². The quantitative estimate of drug-likeness (QED) is 0.643. The highest BCUT2D eigenvalue weighted by atomic mass is 16.5. The average Bonchev–Trinajstić information content (AvgIpc) is 2.71. The maximum Gasteiger partial charge on any atom is 0.139 e. The lowest BCUT2D eigenvalue weighted by molar-refractivity contribution is 0.478. The van der Waals surface area contributed by atoms with Crippen LogP contribution in [0.3, 0.4) is 0 Å². The molecule has 0 unspecified atom stereocenters. The second kappa shape index (κ2) is 8.05. The number of aromatic nitrogens is 2. The minimum atomic E-state index is 0.389. The van der Waals surface area contributed by atoms with Crippen LogP contribution in [-0.2, 0) is 0 Å². The molecule has 2 heterocycles. The molecule has 1 aliphatic rings. The first kappa shape index (κ1) is 17.3. The molecule has 0 aliphatic carbocycles. The Kier molecular flexibility index (Phi) is 5.16. The molecule has 1 aliphatic heterocycles. The molecule has 1 fully saturated rings. The smallest absolute Gasteiger partial charge is 0.139 e. The second-order valence-electron chi connectivity index (χ2n) is 6.59. The summed E-state index contributed by atoms with van der Waals surface area (Å²) in [4.78, 5) is 8.63. The predicted molar refractivity (Wildman–Crippen MR) is 108 cm³/mol. The van der Waals surface area contributed by atoms with Crippen LogP contribution in [0, 0.1) is 0 Å². The van der Waals surface area contributed by atoms with Crippen molar-refractivity contribution in [3.05, 3.63) is 60.9 Å². The van der Waals surface area contributed by atoms with Gasteiger partial charge in [0.15, 0.2) is 0 Å². The van der Waals surface area contributed by atoms with Gasteiger partial charge in [0.05, 0.1) is 5.56 Å². The van der Waals surface area contributed by atoms with Gasteiger partial charge in [0, 0.05) is 6.04 Å². The fourth-order valence-electron chi connectivity index (χ4n) is 3.27. The number of rotatable bonds is 5. The van der Waals surface area contributed by atoms with E-state index in [1.807, 2.05) is 54.6 Å². The van der Waals surface area contributed by atoms with Gasteiger partial charge in [0.2, 0.25) is 0 Å². The van der Waals surface area contributed by atoms with Crippen molar-refractivity contribution in [3.63, 3.8) is 0 Å². The molecule has 1 aromatic heterocycles. The van der Waals surface area contributed by atoms with Gasteiger partial charge in [-0.25, -0.2) is 9.97 Å². The van der Waals surface area contributed by atoms with Crippen LogP contribution in [-0.4, -0.2) is 29.1 Å². The van der Waals surface area contributed by atoms with E-state index in [0.29, 0.717) is 11.9 Å². The molecule has 1 saturated heterocycles. The van der Waals surface area contributed by atoms with Crippen molar-refractivity contribution in [2.24, 2.45) is 0 Å². The summed E-state index contributed by atoms with van der Waals surface area (Å²) in [5.74, 6) is 2.83. The molecule has 2 aromatic carbocycles. The molecule has 0 spiro atoms. The van der Waals surface area contributed by atoms with E-state index in [-0.39, 0.29) is 0 Å². The Balaban J connectivity index is 1.57. The van der Waals surface area contributed by atoms with Crippen LogP contribution in [0.5, 0.6) is 11.5 Å². The molecule has 0 bridgehead atoms. The van der Waals surface area contributed by atoms with Gasteiger partial charge in [-0.05, 0) is 55.8 Å². The number of ether oxygens (including phenoxy) is 1. The van der Waals surface area contributed by atoms with E-state index in [9.17, 15) is 0 Å². The Morgan fingerprint density at radius 3 is 2.37 bits per heavy atom. The number of nitrogens with two attached hydrogens (primary N) is 1. The first-order chi connectivity index (χ1) is 13.3. The van der Waals surface area contributed by atoms with Crippen molar-refractivity contribution in [1.82, 2.24) is 15.3 Å². The zero-order valence-electron chi connectivity index (χ0n) is 15.1. The fraction of sp³-hybridized carbons (Fsp3) is 0.238. The van der Waals surface area contributed by atoms with Gasteiger partial charge < -0.3 is 21.1 Å². The van der Waals surface area contributed by atoms with Crippen LogP contribution in [0.1, 0.15) is 12.8 Å². The third-order valence-electron chi connectivity index (χ3n) is 4.68. The predicted octanol–water partition coefficient (Wildman–Crippen LogP) is 3.68. The number of nitrogen functional groups attached to an aromatic ring is 1. The number of benzene rings is 2. The minimum Gasteiger partial charge on any atom is -0.457 e. The molecule has 4 rings (SSSR count). The van der Waals surface area contributed by atoms with Gasteiger partial charge >= 0.3 is 0 Å². The van der Waals surface area contributed by atoms with E-state index >= 15 is 0 Å².